The molecular formula is C21H28N4O3. The van der Waals surface area contributed by atoms with Crippen LogP contribution in [0.4, 0.5) is 0 Å². The van der Waals surface area contributed by atoms with Crippen LogP contribution in [-0.2, 0) is 24.4 Å². The molecule has 1 amide bonds. The number of amides is 1. The Hall–Kier alpha value is -2.67. The van der Waals surface area contributed by atoms with Gasteiger partial charge in [0, 0.05) is 25.2 Å². The lowest BCUT2D eigenvalue weighted by Crippen LogP contribution is -2.36. The van der Waals surface area contributed by atoms with Crippen molar-refractivity contribution >= 4 is 11.7 Å². The van der Waals surface area contributed by atoms with E-state index in [1.807, 2.05) is 4.68 Å². The Morgan fingerprint density at radius 2 is 1.96 bits per heavy atom. The molecule has 28 heavy (non-hydrogen) atoms. The molecule has 1 aromatic carbocycles. The molecule has 2 heterocycles. The molecule has 0 unspecified atom stereocenters. The van der Waals surface area contributed by atoms with Crippen LogP contribution >= 0.6 is 0 Å². The highest BCUT2D eigenvalue weighted by Crippen LogP contribution is 2.15. The molecule has 0 saturated carbocycles. The summed E-state index contributed by atoms with van der Waals surface area (Å²) in [5.41, 5.74) is 2.67. The molecule has 3 rings (SSSR count). The van der Waals surface area contributed by atoms with E-state index in [1.54, 1.807) is 24.3 Å². The van der Waals surface area contributed by atoms with Crippen LogP contribution in [0.15, 0.2) is 30.3 Å². The van der Waals surface area contributed by atoms with Gasteiger partial charge in [0.2, 0.25) is 0 Å². The number of benzene rings is 1. The molecule has 0 bridgehead atoms. The highest BCUT2D eigenvalue weighted by molar-refractivity contribution is 5.94. The van der Waals surface area contributed by atoms with Crippen molar-refractivity contribution < 1.29 is 14.3 Å². The number of hydrogen-bond donors (Lipinski definition) is 1. The Labute approximate surface area is 165 Å². The van der Waals surface area contributed by atoms with Crippen LogP contribution in [0.25, 0.3) is 0 Å². The van der Waals surface area contributed by atoms with Gasteiger partial charge in [-0.1, -0.05) is 13.8 Å². The van der Waals surface area contributed by atoms with Crippen LogP contribution in [0.2, 0.25) is 0 Å². The van der Waals surface area contributed by atoms with Crippen LogP contribution < -0.4 is 10.1 Å². The van der Waals surface area contributed by atoms with Gasteiger partial charge >= 0.3 is 0 Å². The number of carbonyl (C=O) groups is 2. The summed E-state index contributed by atoms with van der Waals surface area (Å²) in [5.74, 6) is 0.997. The van der Waals surface area contributed by atoms with Crippen LogP contribution in [0.3, 0.4) is 0 Å². The molecule has 1 aliphatic heterocycles. The molecule has 0 fully saturated rings. The maximum absolute atomic E-state index is 12.0. The number of nitrogens with zero attached hydrogens (tertiary/aromatic N) is 3. The zero-order chi connectivity index (χ0) is 20.1. The van der Waals surface area contributed by atoms with Crippen molar-refractivity contribution in [2.75, 3.05) is 19.7 Å². The normalized spacial score (nSPS) is 14.0. The van der Waals surface area contributed by atoms with Crippen molar-refractivity contribution in [1.29, 1.82) is 0 Å². The summed E-state index contributed by atoms with van der Waals surface area (Å²) in [7, 11) is 0. The van der Waals surface area contributed by atoms with E-state index < -0.39 is 0 Å². The molecule has 0 spiro atoms. The number of Topliss-reactive ketones (excluding diaryl/α,β-unsaturated/α-hetero) is 1. The number of aromatic nitrogens is 2. The van der Waals surface area contributed by atoms with Crippen molar-refractivity contribution in [2.45, 2.75) is 40.4 Å². The van der Waals surface area contributed by atoms with Gasteiger partial charge in [-0.3, -0.25) is 19.2 Å². The van der Waals surface area contributed by atoms with E-state index in [1.165, 1.54) is 12.6 Å². The number of carbonyl (C=O) groups excluding carboxylic acids is 2. The first-order valence-corrected chi connectivity index (χ1v) is 9.69. The third kappa shape index (κ3) is 5.42. The van der Waals surface area contributed by atoms with E-state index in [2.05, 4.69) is 35.2 Å². The number of rotatable bonds is 8. The van der Waals surface area contributed by atoms with E-state index in [4.69, 9.17) is 4.74 Å². The second-order valence-electron chi connectivity index (χ2n) is 7.63. The molecule has 0 aliphatic carbocycles. The molecule has 0 saturated heterocycles. The Kier molecular flexibility index (Phi) is 6.46. The Bertz CT molecular complexity index is 827. The number of ether oxygens (including phenoxy) is 1. The summed E-state index contributed by atoms with van der Waals surface area (Å²) in [6.45, 7) is 10.2. The van der Waals surface area contributed by atoms with Crippen LogP contribution in [0.5, 0.6) is 5.75 Å². The smallest absolute Gasteiger partial charge is 0.258 e. The fourth-order valence-electron chi connectivity index (χ4n) is 3.31. The molecular weight excluding hydrogens is 356 g/mol. The number of fused-ring (bicyclic) bond motifs is 1. The maximum Gasteiger partial charge on any atom is 0.258 e. The largest absolute Gasteiger partial charge is 0.484 e. The van der Waals surface area contributed by atoms with Gasteiger partial charge in [-0.15, -0.1) is 0 Å². The highest BCUT2D eigenvalue weighted by Gasteiger charge is 2.19. The van der Waals surface area contributed by atoms with Gasteiger partial charge in [-0.2, -0.15) is 5.10 Å². The molecule has 1 N–H and O–H groups in total. The third-order valence-corrected chi connectivity index (χ3v) is 4.65. The van der Waals surface area contributed by atoms with Crippen LogP contribution in [0, 0.1) is 5.92 Å². The van der Waals surface area contributed by atoms with Crippen molar-refractivity contribution in [2.24, 2.45) is 5.92 Å². The number of ketones is 1. The topological polar surface area (TPSA) is 76.5 Å². The van der Waals surface area contributed by atoms with Crippen molar-refractivity contribution in [3.63, 3.8) is 0 Å². The highest BCUT2D eigenvalue weighted by atomic mass is 16.5. The summed E-state index contributed by atoms with van der Waals surface area (Å²) >= 11 is 0. The number of nitrogens with one attached hydrogen (secondary N) is 1. The van der Waals surface area contributed by atoms with Crippen molar-refractivity contribution in [3.05, 3.63) is 47.3 Å². The molecule has 0 atom stereocenters. The molecule has 2 aromatic rings. The Morgan fingerprint density at radius 3 is 2.64 bits per heavy atom. The lowest BCUT2D eigenvalue weighted by Gasteiger charge is -2.28. The van der Waals surface area contributed by atoms with E-state index in [0.29, 0.717) is 23.8 Å². The second kappa shape index (κ2) is 9.01. The SMILES string of the molecule is CC(=O)c1ccc(OCC(=O)NCc2cc3n(n2)CCN(CC(C)C)C3)cc1. The fourth-order valence-corrected chi connectivity index (χ4v) is 3.31. The molecule has 1 aromatic heterocycles. The predicted molar refractivity (Wildman–Crippen MR) is 106 cm³/mol. The first kappa shape index (κ1) is 20.1. The molecule has 0 radical (unpaired) electrons. The Morgan fingerprint density at radius 1 is 1.21 bits per heavy atom. The predicted octanol–water partition coefficient (Wildman–Crippen LogP) is 2.25. The lowest BCUT2D eigenvalue weighted by molar-refractivity contribution is -0.123. The molecule has 7 nitrogen and oxygen atoms in total. The second-order valence-corrected chi connectivity index (χ2v) is 7.63. The molecule has 1 aliphatic rings. The first-order valence-electron chi connectivity index (χ1n) is 9.69. The van der Waals surface area contributed by atoms with E-state index in [0.717, 1.165) is 31.9 Å². The summed E-state index contributed by atoms with van der Waals surface area (Å²) in [6.07, 6.45) is 0. The Balaban J connectivity index is 1.45. The molecule has 150 valence electrons. The van der Waals surface area contributed by atoms with Gasteiger partial charge < -0.3 is 10.1 Å². The quantitative estimate of drug-likeness (QED) is 0.707. The van der Waals surface area contributed by atoms with Crippen LogP contribution in [0.1, 0.15) is 42.5 Å². The standard InChI is InChI=1S/C21H28N4O3/c1-15(2)12-24-8-9-25-19(13-24)10-18(23-25)11-22-21(27)14-28-20-6-4-17(5-7-20)16(3)26/h4-7,10,15H,8-9,11-14H2,1-3H3,(H,22,27). The minimum absolute atomic E-state index is 0.000570. The summed E-state index contributed by atoms with van der Waals surface area (Å²) in [5, 5.41) is 7.43. The monoisotopic (exact) mass is 384 g/mol. The van der Waals surface area contributed by atoms with Gasteiger partial charge in [-0.05, 0) is 43.2 Å². The first-order chi connectivity index (χ1) is 13.4. The van der Waals surface area contributed by atoms with Gasteiger partial charge in [0.25, 0.3) is 5.91 Å². The number of hydrogen-bond acceptors (Lipinski definition) is 5. The maximum atomic E-state index is 12.0. The van der Waals surface area contributed by atoms with E-state index in [9.17, 15) is 9.59 Å². The van der Waals surface area contributed by atoms with Gasteiger partial charge in [0.1, 0.15) is 5.75 Å². The zero-order valence-electron chi connectivity index (χ0n) is 16.8. The average Bonchev–Trinajstić information content (AvgIpc) is 3.06. The van der Waals surface area contributed by atoms with E-state index >= 15 is 0 Å². The van der Waals surface area contributed by atoms with Crippen LogP contribution in [-0.4, -0.2) is 46.1 Å². The summed E-state index contributed by atoms with van der Waals surface area (Å²) in [6, 6.07) is 8.82. The van der Waals surface area contributed by atoms with Crippen molar-refractivity contribution in [1.82, 2.24) is 20.0 Å². The van der Waals surface area contributed by atoms with E-state index in [-0.39, 0.29) is 18.3 Å². The lowest BCUT2D eigenvalue weighted by atomic mass is 10.1. The van der Waals surface area contributed by atoms with Gasteiger partial charge in [-0.25, -0.2) is 0 Å². The average molecular weight is 384 g/mol. The minimum Gasteiger partial charge on any atom is -0.484 e. The summed E-state index contributed by atoms with van der Waals surface area (Å²) < 4.78 is 7.50. The zero-order valence-corrected chi connectivity index (χ0v) is 16.8. The summed E-state index contributed by atoms with van der Waals surface area (Å²) in [4.78, 5) is 25.8. The van der Waals surface area contributed by atoms with Crippen molar-refractivity contribution in [3.8, 4) is 5.75 Å². The molecule has 7 heteroatoms. The van der Waals surface area contributed by atoms with Gasteiger partial charge in [0.05, 0.1) is 24.5 Å². The third-order valence-electron chi connectivity index (χ3n) is 4.65. The minimum atomic E-state index is -0.206. The van der Waals surface area contributed by atoms with Gasteiger partial charge in [0.15, 0.2) is 12.4 Å². The fraction of sp³-hybridized carbons (Fsp3) is 0.476.